The molecule has 0 unspecified atom stereocenters. The maximum Gasteiger partial charge on any atom is 0.221 e. The smallest absolute Gasteiger partial charge is 0.221 e. The number of aromatic amines is 1. The van der Waals surface area contributed by atoms with Gasteiger partial charge in [0, 0.05) is 18.4 Å². The molecule has 6 heteroatoms. The Kier molecular flexibility index (Phi) is 3.89. The molecule has 0 radical (unpaired) electrons. The highest BCUT2D eigenvalue weighted by Crippen LogP contribution is 2.25. The van der Waals surface area contributed by atoms with Crippen LogP contribution in [0.3, 0.4) is 0 Å². The molecule has 0 fully saturated rings. The molecule has 23 heavy (non-hydrogen) atoms. The molecule has 0 atom stereocenters. The van der Waals surface area contributed by atoms with E-state index in [-0.39, 0.29) is 17.4 Å². The summed E-state index contributed by atoms with van der Waals surface area (Å²) in [6, 6.07) is 8.92. The highest BCUT2D eigenvalue weighted by molar-refractivity contribution is 5.95. The molecule has 1 aromatic heterocycles. The number of rotatable bonds is 3. The number of nitrogens with zero attached hydrogens (tertiary/aromatic N) is 1. The van der Waals surface area contributed by atoms with Crippen LogP contribution in [0.4, 0.5) is 14.5 Å². The van der Waals surface area contributed by atoms with Crippen LogP contribution >= 0.6 is 0 Å². The Morgan fingerprint density at radius 2 is 2.04 bits per heavy atom. The molecule has 1 heterocycles. The number of fused-ring (bicyclic) bond motifs is 1. The molecule has 0 saturated heterocycles. The summed E-state index contributed by atoms with van der Waals surface area (Å²) < 4.78 is 27.0. The van der Waals surface area contributed by atoms with Gasteiger partial charge >= 0.3 is 0 Å². The van der Waals surface area contributed by atoms with Crippen molar-refractivity contribution < 1.29 is 13.6 Å². The number of amides is 1. The Morgan fingerprint density at radius 3 is 2.78 bits per heavy atom. The molecule has 0 aliphatic heterocycles. The lowest BCUT2D eigenvalue weighted by Gasteiger charge is -2.03. The molecule has 2 N–H and O–H groups in total. The summed E-state index contributed by atoms with van der Waals surface area (Å²) in [7, 11) is 0. The zero-order chi connectivity index (χ0) is 16.4. The third-order valence-corrected chi connectivity index (χ3v) is 3.27. The van der Waals surface area contributed by atoms with Crippen LogP contribution in [0.5, 0.6) is 0 Å². The largest absolute Gasteiger partial charge is 0.324 e. The predicted octanol–water partition coefficient (Wildman–Crippen LogP) is 3.97. The summed E-state index contributed by atoms with van der Waals surface area (Å²) in [5.74, 6) is -1.23. The molecule has 3 aromatic rings. The first-order valence-corrected chi connectivity index (χ1v) is 6.92. The maximum absolute atomic E-state index is 13.9. The number of H-pyrrole nitrogens is 1. The first-order valence-electron chi connectivity index (χ1n) is 6.92. The number of aromatic nitrogens is 2. The first-order chi connectivity index (χ1) is 11.0. The van der Waals surface area contributed by atoms with Crippen LogP contribution < -0.4 is 5.32 Å². The van der Waals surface area contributed by atoms with E-state index in [4.69, 9.17) is 0 Å². The van der Waals surface area contributed by atoms with Gasteiger partial charge in [-0.25, -0.2) is 8.78 Å². The molecule has 0 bridgehead atoms. The summed E-state index contributed by atoms with van der Waals surface area (Å²) in [6.45, 7) is 1.31. The van der Waals surface area contributed by atoms with Crippen LogP contribution in [-0.2, 0) is 4.79 Å². The Morgan fingerprint density at radius 1 is 1.22 bits per heavy atom. The predicted molar refractivity (Wildman–Crippen MR) is 85.7 cm³/mol. The number of carbonyl (C=O) groups excluding carboxylic acids is 1. The summed E-state index contributed by atoms with van der Waals surface area (Å²) >= 11 is 0. The van der Waals surface area contributed by atoms with Gasteiger partial charge in [-0.15, -0.1) is 0 Å². The Labute approximate surface area is 130 Å². The number of halogens is 2. The van der Waals surface area contributed by atoms with E-state index in [1.54, 1.807) is 24.3 Å². The molecule has 3 rings (SSSR count). The summed E-state index contributed by atoms with van der Waals surface area (Å²) in [5.41, 5.74) is 1.85. The molecule has 4 nitrogen and oxygen atoms in total. The molecule has 0 aliphatic rings. The molecule has 116 valence electrons. The molecule has 2 aromatic carbocycles. The minimum atomic E-state index is -0.544. The average molecular weight is 313 g/mol. The number of anilines is 1. The fourth-order valence-corrected chi connectivity index (χ4v) is 2.26. The van der Waals surface area contributed by atoms with Crippen molar-refractivity contribution in [2.45, 2.75) is 6.92 Å². The van der Waals surface area contributed by atoms with Crippen molar-refractivity contribution in [1.82, 2.24) is 10.2 Å². The SMILES string of the molecule is CC(=O)Nc1cc2c(/C=C/c3cccc(F)c3)n[nH]c2cc1F. The molecule has 0 spiro atoms. The van der Waals surface area contributed by atoms with Gasteiger partial charge in [0.25, 0.3) is 0 Å². The van der Waals surface area contributed by atoms with Gasteiger partial charge in [-0.3, -0.25) is 9.89 Å². The lowest BCUT2D eigenvalue weighted by molar-refractivity contribution is -0.114. The second kappa shape index (κ2) is 6.00. The number of hydrogen-bond acceptors (Lipinski definition) is 2. The number of benzene rings is 2. The third kappa shape index (κ3) is 3.26. The zero-order valence-electron chi connectivity index (χ0n) is 12.2. The summed E-state index contributed by atoms with van der Waals surface area (Å²) in [4.78, 5) is 11.1. The van der Waals surface area contributed by atoms with Crippen LogP contribution in [0.15, 0.2) is 36.4 Å². The molecule has 1 amide bonds. The van der Waals surface area contributed by atoms with E-state index >= 15 is 0 Å². The topological polar surface area (TPSA) is 57.8 Å². The van der Waals surface area contributed by atoms with Crippen LogP contribution in [0.1, 0.15) is 18.2 Å². The van der Waals surface area contributed by atoms with Gasteiger partial charge in [-0.2, -0.15) is 5.10 Å². The normalized spacial score (nSPS) is 11.3. The van der Waals surface area contributed by atoms with Crippen LogP contribution in [-0.4, -0.2) is 16.1 Å². The summed E-state index contributed by atoms with van der Waals surface area (Å²) in [5, 5.41) is 9.93. The van der Waals surface area contributed by atoms with Gasteiger partial charge in [0.1, 0.15) is 11.6 Å². The minimum absolute atomic E-state index is 0.0896. The summed E-state index contributed by atoms with van der Waals surface area (Å²) in [6.07, 6.45) is 3.41. The van der Waals surface area contributed by atoms with Crippen LogP contribution in [0, 0.1) is 11.6 Å². The molecular formula is C17H13F2N3O. The van der Waals surface area contributed by atoms with Gasteiger partial charge in [-0.05, 0) is 29.8 Å². The van der Waals surface area contributed by atoms with Crippen molar-refractivity contribution in [3.63, 3.8) is 0 Å². The fourth-order valence-electron chi connectivity index (χ4n) is 2.26. The average Bonchev–Trinajstić information content (AvgIpc) is 2.87. The van der Waals surface area contributed by atoms with Crippen molar-refractivity contribution >= 4 is 34.6 Å². The second-order valence-electron chi connectivity index (χ2n) is 5.06. The van der Waals surface area contributed by atoms with E-state index in [9.17, 15) is 13.6 Å². The van der Waals surface area contributed by atoms with Crippen LogP contribution in [0.25, 0.3) is 23.1 Å². The van der Waals surface area contributed by atoms with Gasteiger partial charge in [0.15, 0.2) is 0 Å². The van der Waals surface area contributed by atoms with Crippen molar-refractivity contribution in [2.75, 3.05) is 5.32 Å². The number of carbonyl (C=O) groups is 1. The van der Waals surface area contributed by atoms with Crippen molar-refractivity contribution in [1.29, 1.82) is 0 Å². The van der Waals surface area contributed by atoms with Crippen molar-refractivity contribution in [2.24, 2.45) is 0 Å². The van der Waals surface area contributed by atoms with E-state index < -0.39 is 5.82 Å². The van der Waals surface area contributed by atoms with Crippen LogP contribution in [0.2, 0.25) is 0 Å². The maximum atomic E-state index is 13.9. The van der Waals surface area contributed by atoms with E-state index in [0.29, 0.717) is 22.2 Å². The lowest BCUT2D eigenvalue weighted by Crippen LogP contribution is -2.07. The van der Waals surface area contributed by atoms with Crippen molar-refractivity contribution in [3.8, 4) is 0 Å². The quantitative estimate of drug-likeness (QED) is 0.768. The number of nitrogens with one attached hydrogen (secondary N) is 2. The van der Waals surface area contributed by atoms with Gasteiger partial charge < -0.3 is 5.32 Å². The number of hydrogen-bond donors (Lipinski definition) is 2. The lowest BCUT2D eigenvalue weighted by atomic mass is 10.1. The fraction of sp³-hybridized carbons (Fsp3) is 0.0588. The molecular weight excluding hydrogens is 300 g/mol. The first kappa shape index (κ1) is 14.9. The van der Waals surface area contributed by atoms with Gasteiger partial charge in [0.05, 0.1) is 16.9 Å². The Balaban J connectivity index is 1.99. The van der Waals surface area contributed by atoms with E-state index in [1.165, 1.54) is 31.2 Å². The standard InChI is InChI=1S/C17H13F2N3O/c1-10(23)20-17-8-13-15(21-22-16(13)9-14(17)19)6-5-11-3-2-4-12(18)7-11/h2-9H,1H3,(H,20,23)(H,21,22)/b6-5+. The molecule has 0 saturated carbocycles. The molecule has 0 aliphatic carbocycles. The Hall–Kier alpha value is -3.02. The van der Waals surface area contributed by atoms with Gasteiger partial charge in [0.2, 0.25) is 5.91 Å². The minimum Gasteiger partial charge on any atom is -0.324 e. The second-order valence-corrected chi connectivity index (χ2v) is 5.06. The zero-order valence-corrected chi connectivity index (χ0v) is 12.2. The van der Waals surface area contributed by atoms with E-state index in [1.807, 2.05) is 0 Å². The van der Waals surface area contributed by atoms with E-state index in [2.05, 4.69) is 15.5 Å². The highest BCUT2D eigenvalue weighted by atomic mass is 19.1. The monoisotopic (exact) mass is 313 g/mol. The van der Waals surface area contributed by atoms with Crippen molar-refractivity contribution in [3.05, 3.63) is 59.3 Å². The van der Waals surface area contributed by atoms with Gasteiger partial charge in [-0.1, -0.05) is 18.2 Å². The van der Waals surface area contributed by atoms with E-state index in [0.717, 1.165) is 0 Å². The Bertz CT molecular complexity index is 915. The highest BCUT2D eigenvalue weighted by Gasteiger charge is 2.10. The third-order valence-electron chi connectivity index (χ3n) is 3.27.